The summed E-state index contributed by atoms with van der Waals surface area (Å²) in [5.74, 6) is 0. The van der Waals surface area contributed by atoms with Crippen LogP contribution in [-0.4, -0.2) is 0 Å². The van der Waals surface area contributed by atoms with Gasteiger partial charge in [-0.3, -0.25) is 0 Å². The van der Waals surface area contributed by atoms with Crippen LogP contribution in [0.1, 0.15) is 22.3 Å². The maximum Gasteiger partial charge on any atom is 0.0482 e. The fourth-order valence-corrected chi connectivity index (χ4v) is 6.43. The topological polar surface area (TPSA) is 6.48 Å². The summed E-state index contributed by atoms with van der Waals surface area (Å²) in [6.45, 7) is 8.61. The minimum atomic E-state index is 1.09. The predicted octanol–water partition coefficient (Wildman–Crippen LogP) is 13.2. The largest absolute Gasteiger partial charge is 0.310 e. The molecule has 0 aliphatic carbocycles. The van der Waals surface area contributed by atoms with Crippen molar-refractivity contribution in [1.29, 1.82) is 0 Å². The van der Waals surface area contributed by atoms with E-state index in [4.69, 9.17) is 0 Å². The van der Waals surface area contributed by atoms with Crippen molar-refractivity contribution < 1.29 is 0 Å². The lowest BCUT2D eigenvalue weighted by Gasteiger charge is -2.29. The van der Waals surface area contributed by atoms with Crippen LogP contribution in [0, 0.1) is 27.7 Å². The maximum absolute atomic E-state index is 2.35. The van der Waals surface area contributed by atoms with E-state index in [-0.39, 0.29) is 0 Å². The van der Waals surface area contributed by atoms with Crippen LogP contribution in [0.4, 0.5) is 34.1 Å². The highest BCUT2D eigenvalue weighted by Gasteiger charge is 2.18. The molecule has 0 aromatic heterocycles. The van der Waals surface area contributed by atoms with Crippen molar-refractivity contribution in [3.05, 3.63) is 192 Å². The molecular formula is C46H40N2. The number of rotatable bonds is 8. The number of anilines is 6. The van der Waals surface area contributed by atoms with E-state index in [1.54, 1.807) is 0 Å². The summed E-state index contributed by atoms with van der Waals surface area (Å²) in [5, 5.41) is 0. The van der Waals surface area contributed by atoms with E-state index in [1.165, 1.54) is 44.5 Å². The molecule has 0 spiro atoms. The van der Waals surface area contributed by atoms with Crippen molar-refractivity contribution in [2.24, 2.45) is 0 Å². The zero-order chi connectivity index (χ0) is 33.0. The second kappa shape index (κ2) is 13.5. The van der Waals surface area contributed by atoms with Crippen molar-refractivity contribution >= 4 is 34.1 Å². The molecule has 0 unspecified atom stereocenters. The van der Waals surface area contributed by atoms with Crippen molar-refractivity contribution in [2.45, 2.75) is 27.7 Å². The maximum atomic E-state index is 2.35. The van der Waals surface area contributed by atoms with Crippen LogP contribution in [0.2, 0.25) is 0 Å². The fraction of sp³-hybridized carbons (Fsp3) is 0.0870. The molecule has 2 heteroatoms. The van der Waals surface area contributed by atoms with Crippen LogP contribution in [0.15, 0.2) is 170 Å². The molecule has 7 aromatic rings. The van der Waals surface area contributed by atoms with Crippen LogP contribution in [0.3, 0.4) is 0 Å². The number of hydrogen-bond donors (Lipinski definition) is 0. The van der Waals surface area contributed by atoms with Crippen molar-refractivity contribution in [3.63, 3.8) is 0 Å². The minimum Gasteiger partial charge on any atom is -0.310 e. The lowest BCUT2D eigenvalue weighted by atomic mass is 10.00. The lowest BCUT2D eigenvalue weighted by molar-refractivity contribution is 1.24. The minimum absolute atomic E-state index is 1.09. The second-order valence-corrected chi connectivity index (χ2v) is 12.6. The molecule has 0 aliphatic heterocycles. The summed E-state index contributed by atoms with van der Waals surface area (Å²) in [4.78, 5) is 4.69. The van der Waals surface area contributed by atoms with Crippen LogP contribution < -0.4 is 9.80 Å². The molecule has 48 heavy (non-hydrogen) atoms. The van der Waals surface area contributed by atoms with Gasteiger partial charge in [-0.05, 0) is 128 Å². The van der Waals surface area contributed by atoms with Gasteiger partial charge in [0.05, 0.1) is 0 Å². The van der Waals surface area contributed by atoms with Gasteiger partial charge in [0.25, 0.3) is 0 Å². The molecule has 2 nitrogen and oxygen atoms in total. The molecule has 0 heterocycles. The number of nitrogens with zero attached hydrogens (tertiary/aromatic N) is 2. The summed E-state index contributed by atoms with van der Waals surface area (Å²) < 4.78 is 0. The van der Waals surface area contributed by atoms with Gasteiger partial charge in [0.2, 0.25) is 0 Å². The Labute approximate surface area is 285 Å². The van der Waals surface area contributed by atoms with Gasteiger partial charge in [-0.15, -0.1) is 0 Å². The van der Waals surface area contributed by atoms with E-state index in [2.05, 4.69) is 207 Å². The van der Waals surface area contributed by atoms with Gasteiger partial charge in [-0.1, -0.05) is 114 Å². The Morgan fingerprint density at radius 3 is 0.979 bits per heavy atom. The molecule has 0 atom stereocenters. The van der Waals surface area contributed by atoms with Gasteiger partial charge in [-0.2, -0.15) is 0 Å². The highest BCUT2D eigenvalue weighted by Crippen LogP contribution is 2.41. The van der Waals surface area contributed by atoms with Crippen LogP contribution >= 0.6 is 0 Å². The van der Waals surface area contributed by atoms with Crippen molar-refractivity contribution in [3.8, 4) is 22.3 Å². The van der Waals surface area contributed by atoms with Crippen LogP contribution in [0.5, 0.6) is 0 Å². The average Bonchev–Trinajstić information content (AvgIpc) is 3.12. The number of aryl methyl sites for hydroxylation is 4. The molecule has 234 valence electrons. The van der Waals surface area contributed by atoms with Gasteiger partial charge < -0.3 is 9.80 Å². The summed E-state index contributed by atoms with van der Waals surface area (Å²) in [7, 11) is 0. The third-order valence-electron chi connectivity index (χ3n) is 9.09. The Balaban J connectivity index is 1.32. The lowest BCUT2D eigenvalue weighted by Crippen LogP contribution is -2.13. The Morgan fingerprint density at radius 2 is 0.625 bits per heavy atom. The van der Waals surface area contributed by atoms with E-state index >= 15 is 0 Å². The molecule has 0 aliphatic rings. The first-order chi connectivity index (χ1) is 23.4. The highest BCUT2D eigenvalue weighted by molar-refractivity contribution is 5.84. The quantitative estimate of drug-likeness (QED) is 0.167. The highest BCUT2D eigenvalue weighted by atomic mass is 15.2. The smallest absolute Gasteiger partial charge is 0.0482 e. The summed E-state index contributed by atoms with van der Waals surface area (Å²) in [6.07, 6.45) is 0. The SMILES string of the molecule is Cc1ccc(N(c2ccc(-c3ccccc3C)cc2)c2cccc(N(c3ccc(C)cc3)c3ccc(-c4ccccc4C)cc3)c2)cc1. The van der Waals surface area contributed by atoms with E-state index in [1.807, 2.05) is 0 Å². The van der Waals surface area contributed by atoms with Crippen molar-refractivity contribution in [2.75, 3.05) is 9.80 Å². The zero-order valence-electron chi connectivity index (χ0n) is 28.1. The van der Waals surface area contributed by atoms with Gasteiger partial charge in [0, 0.05) is 34.1 Å². The zero-order valence-corrected chi connectivity index (χ0v) is 28.1. The molecule has 0 bridgehead atoms. The standard InChI is InChI=1S/C46H40N2/c1-33-16-24-39(25-17-33)47(41-28-20-37(21-29-41)45-14-7-5-10-35(45)3)43-12-9-13-44(32-43)48(40-26-18-34(2)19-27-40)42-30-22-38(23-31-42)46-15-8-6-11-36(46)4/h5-32H,1-4H3. The first-order valence-corrected chi connectivity index (χ1v) is 16.6. The molecule has 0 radical (unpaired) electrons. The van der Waals surface area contributed by atoms with Gasteiger partial charge >= 0.3 is 0 Å². The Kier molecular flexibility index (Phi) is 8.64. The van der Waals surface area contributed by atoms with Crippen LogP contribution in [0.25, 0.3) is 22.3 Å². The molecule has 7 aromatic carbocycles. The Morgan fingerprint density at radius 1 is 0.292 bits per heavy atom. The first-order valence-electron chi connectivity index (χ1n) is 16.6. The second-order valence-electron chi connectivity index (χ2n) is 12.6. The number of hydrogen-bond acceptors (Lipinski definition) is 2. The van der Waals surface area contributed by atoms with E-state index in [0.29, 0.717) is 0 Å². The van der Waals surface area contributed by atoms with Gasteiger partial charge in [0.1, 0.15) is 0 Å². The Bertz CT molecular complexity index is 1990. The molecule has 0 fully saturated rings. The molecule has 0 saturated carbocycles. The Hall–Kier alpha value is -5.86. The van der Waals surface area contributed by atoms with Gasteiger partial charge in [0.15, 0.2) is 0 Å². The predicted molar refractivity (Wildman–Crippen MR) is 206 cm³/mol. The van der Waals surface area contributed by atoms with Crippen molar-refractivity contribution in [1.82, 2.24) is 0 Å². The molecule has 0 N–H and O–H groups in total. The van der Waals surface area contributed by atoms with Crippen LogP contribution in [-0.2, 0) is 0 Å². The van der Waals surface area contributed by atoms with E-state index < -0.39 is 0 Å². The third kappa shape index (κ3) is 6.38. The summed E-state index contributed by atoms with van der Waals surface area (Å²) in [6, 6.07) is 61.4. The molecule has 0 amide bonds. The van der Waals surface area contributed by atoms with E-state index in [9.17, 15) is 0 Å². The molecule has 0 saturated heterocycles. The summed E-state index contributed by atoms with van der Waals surface area (Å²) in [5.41, 5.74) is 16.6. The summed E-state index contributed by atoms with van der Waals surface area (Å²) >= 11 is 0. The monoisotopic (exact) mass is 620 g/mol. The third-order valence-corrected chi connectivity index (χ3v) is 9.09. The van der Waals surface area contributed by atoms with E-state index in [0.717, 1.165) is 34.1 Å². The van der Waals surface area contributed by atoms with Gasteiger partial charge in [-0.25, -0.2) is 0 Å². The first kappa shape index (κ1) is 30.8. The molecule has 7 rings (SSSR count). The number of benzene rings is 7. The average molecular weight is 621 g/mol. The normalized spacial score (nSPS) is 10.9. The fourth-order valence-electron chi connectivity index (χ4n) is 6.43. The molecular weight excluding hydrogens is 581 g/mol.